The lowest BCUT2D eigenvalue weighted by Crippen LogP contribution is -2.29. The van der Waals surface area contributed by atoms with E-state index in [1.165, 1.54) is 4.57 Å². The molecule has 0 saturated heterocycles. The van der Waals surface area contributed by atoms with Gasteiger partial charge in [0.15, 0.2) is 4.77 Å². The van der Waals surface area contributed by atoms with Crippen LogP contribution in [0.25, 0.3) is 0 Å². The lowest BCUT2D eigenvalue weighted by atomic mass is 9.80. The Balaban J connectivity index is 3.20. The molecule has 6 heteroatoms. The minimum Gasteiger partial charge on any atom is -0.298 e. The minimum atomic E-state index is -2.42. The van der Waals surface area contributed by atoms with Gasteiger partial charge in [-0.1, -0.05) is 27.7 Å². The molecule has 0 aliphatic carbocycles. The summed E-state index contributed by atoms with van der Waals surface area (Å²) in [6, 6.07) is 0. The van der Waals surface area contributed by atoms with Crippen LogP contribution in [0.15, 0.2) is 0 Å². The lowest BCUT2D eigenvalue weighted by molar-refractivity contribution is 0.122. The van der Waals surface area contributed by atoms with Crippen molar-refractivity contribution in [3.05, 3.63) is 10.6 Å². The van der Waals surface area contributed by atoms with Crippen LogP contribution in [0.4, 0.5) is 8.78 Å². The van der Waals surface area contributed by atoms with E-state index in [1.807, 2.05) is 27.7 Å². The Bertz CT molecular complexity index is 406. The van der Waals surface area contributed by atoms with Crippen molar-refractivity contribution < 1.29 is 8.78 Å². The maximum Gasteiger partial charge on any atom is 0.256 e. The summed E-state index contributed by atoms with van der Waals surface area (Å²) in [6.07, 6.45) is -2.42. The number of halogens is 2. The molecule has 0 fully saturated rings. The summed E-state index contributed by atoms with van der Waals surface area (Å²) < 4.78 is 26.5. The highest BCUT2D eigenvalue weighted by Gasteiger charge is 2.31. The topological polar surface area (TPSA) is 33.6 Å². The summed E-state index contributed by atoms with van der Waals surface area (Å²) in [6.45, 7) is 7.62. The van der Waals surface area contributed by atoms with Crippen LogP contribution in [-0.2, 0) is 12.0 Å². The normalized spacial score (nSPS) is 12.8. The maximum absolute atomic E-state index is 12.4. The first-order chi connectivity index (χ1) is 7.26. The molecule has 0 spiro atoms. The zero-order valence-electron chi connectivity index (χ0n) is 9.92. The van der Waals surface area contributed by atoms with Crippen LogP contribution in [0.3, 0.4) is 0 Å². The molecule has 3 nitrogen and oxygen atoms in total. The summed E-state index contributed by atoms with van der Waals surface area (Å²) in [5, 5.41) is 6.66. The van der Waals surface area contributed by atoms with Gasteiger partial charge in [0.25, 0.3) is 6.43 Å². The van der Waals surface area contributed by atoms with Crippen molar-refractivity contribution in [2.24, 2.45) is 5.92 Å². The van der Waals surface area contributed by atoms with Crippen molar-refractivity contribution in [2.45, 2.75) is 46.1 Å². The lowest BCUT2D eigenvalue weighted by Gasteiger charge is -2.28. The molecule has 0 radical (unpaired) electrons. The second-order valence-corrected chi connectivity index (χ2v) is 5.12. The van der Waals surface area contributed by atoms with Gasteiger partial charge in [0.2, 0.25) is 0 Å². The largest absolute Gasteiger partial charge is 0.298 e. The summed E-state index contributed by atoms with van der Waals surface area (Å²) in [5.41, 5.74) is -0.289. The molecule has 0 atom stereocenters. The molecule has 0 unspecified atom stereocenters. The molecule has 16 heavy (non-hydrogen) atoms. The summed E-state index contributed by atoms with van der Waals surface area (Å²) >= 11 is 4.96. The standard InChI is InChI=1S/C10H17F2N3S/c1-6(2)10(3,4)8-13-14-9(16)15(8)5-7(11)12/h6-7H,5H2,1-4H3,(H,14,16). The van der Waals surface area contributed by atoms with Gasteiger partial charge in [-0.3, -0.25) is 9.67 Å². The van der Waals surface area contributed by atoms with Crippen molar-refractivity contribution in [3.8, 4) is 0 Å². The highest BCUT2D eigenvalue weighted by molar-refractivity contribution is 7.71. The molecule has 0 saturated carbocycles. The first kappa shape index (κ1) is 13.3. The third kappa shape index (κ3) is 2.48. The number of aromatic nitrogens is 3. The zero-order valence-corrected chi connectivity index (χ0v) is 10.7. The molecule has 1 heterocycles. The van der Waals surface area contributed by atoms with E-state index in [2.05, 4.69) is 10.2 Å². The second-order valence-electron chi connectivity index (χ2n) is 4.73. The predicted octanol–water partition coefficient (Wildman–Crippen LogP) is 3.14. The molecule has 0 aromatic carbocycles. The molecule has 1 aromatic rings. The van der Waals surface area contributed by atoms with E-state index in [1.54, 1.807) is 0 Å². The monoisotopic (exact) mass is 249 g/mol. The first-order valence-corrected chi connectivity index (χ1v) is 5.61. The Morgan fingerprint density at radius 1 is 1.44 bits per heavy atom. The van der Waals surface area contributed by atoms with Crippen LogP contribution in [-0.4, -0.2) is 21.2 Å². The number of nitrogens with one attached hydrogen (secondary N) is 1. The first-order valence-electron chi connectivity index (χ1n) is 5.20. The van der Waals surface area contributed by atoms with Crippen molar-refractivity contribution in [1.29, 1.82) is 0 Å². The SMILES string of the molecule is CC(C)C(C)(C)c1n[nH]c(=S)n1CC(F)F. The van der Waals surface area contributed by atoms with E-state index in [0.29, 0.717) is 5.82 Å². The number of aromatic amines is 1. The number of alkyl halides is 2. The molecular formula is C10H17F2N3S. The molecule has 92 valence electrons. The van der Waals surface area contributed by atoms with Crippen molar-refractivity contribution in [2.75, 3.05) is 0 Å². The average Bonchev–Trinajstić information content (AvgIpc) is 2.47. The van der Waals surface area contributed by atoms with Gasteiger partial charge < -0.3 is 0 Å². The Kier molecular flexibility index (Phi) is 3.83. The van der Waals surface area contributed by atoms with E-state index in [4.69, 9.17) is 12.2 Å². The Hall–Kier alpha value is -0.780. The number of nitrogens with zero attached hydrogens (tertiary/aromatic N) is 2. The van der Waals surface area contributed by atoms with Crippen LogP contribution in [0.2, 0.25) is 0 Å². The van der Waals surface area contributed by atoms with Gasteiger partial charge in [0, 0.05) is 5.41 Å². The van der Waals surface area contributed by atoms with Crippen molar-refractivity contribution >= 4 is 12.2 Å². The van der Waals surface area contributed by atoms with Crippen LogP contribution in [0.5, 0.6) is 0 Å². The van der Waals surface area contributed by atoms with Crippen molar-refractivity contribution in [3.63, 3.8) is 0 Å². The Morgan fingerprint density at radius 3 is 2.44 bits per heavy atom. The van der Waals surface area contributed by atoms with E-state index in [-0.39, 0.29) is 16.1 Å². The highest BCUT2D eigenvalue weighted by Crippen LogP contribution is 2.30. The quantitative estimate of drug-likeness (QED) is 0.832. The van der Waals surface area contributed by atoms with Crippen LogP contribution < -0.4 is 0 Å². The number of hydrogen-bond donors (Lipinski definition) is 1. The van der Waals surface area contributed by atoms with E-state index in [0.717, 1.165) is 0 Å². The average molecular weight is 249 g/mol. The van der Waals surface area contributed by atoms with E-state index < -0.39 is 13.0 Å². The molecule has 0 bridgehead atoms. The van der Waals surface area contributed by atoms with Crippen molar-refractivity contribution in [1.82, 2.24) is 14.8 Å². The van der Waals surface area contributed by atoms with Gasteiger partial charge in [0.05, 0.1) is 6.54 Å². The second kappa shape index (κ2) is 4.61. The number of hydrogen-bond acceptors (Lipinski definition) is 2. The van der Waals surface area contributed by atoms with Gasteiger partial charge in [0.1, 0.15) is 5.82 Å². The summed E-state index contributed by atoms with van der Waals surface area (Å²) in [4.78, 5) is 0. The molecular weight excluding hydrogens is 232 g/mol. The summed E-state index contributed by atoms with van der Waals surface area (Å²) in [7, 11) is 0. The molecule has 1 N–H and O–H groups in total. The van der Waals surface area contributed by atoms with Gasteiger partial charge in [-0.2, -0.15) is 5.10 Å². The van der Waals surface area contributed by atoms with Gasteiger partial charge in [-0.25, -0.2) is 8.78 Å². The van der Waals surface area contributed by atoms with E-state index >= 15 is 0 Å². The van der Waals surface area contributed by atoms with Gasteiger partial charge >= 0.3 is 0 Å². The molecule has 0 aliphatic rings. The zero-order chi connectivity index (χ0) is 12.5. The highest BCUT2D eigenvalue weighted by atomic mass is 32.1. The molecule has 1 rings (SSSR count). The molecule has 0 aliphatic heterocycles. The minimum absolute atomic E-state index is 0.254. The van der Waals surface area contributed by atoms with Crippen LogP contribution in [0.1, 0.15) is 33.5 Å². The van der Waals surface area contributed by atoms with Gasteiger partial charge in [-0.15, -0.1) is 0 Å². The maximum atomic E-state index is 12.4. The van der Waals surface area contributed by atoms with Gasteiger partial charge in [-0.05, 0) is 18.1 Å². The molecule has 0 amide bonds. The smallest absolute Gasteiger partial charge is 0.256 e. The van der Waals surface area contributed by atoms with Crippen LogP contribution >= 0.6 is 12.2 Å². The molecule has 1 aromatic heterocycles. The fourth-order valence-electron chi connectivity index (χ4n) is 1.38. The summed E-state index contributed by atoms with van der Waals surface area (Å²) in [5.74, 6) is 0.877. The fraction of sp³-hybridized carbons (Fsp3) is 0.800. The third-order valence-electron chi connectivity index (χ3n) is 3.10. The number of H-pyrrole nitrogens is 1. The Labute approximate surface area is 98.9 Å². The fourth-order valence-corrected chi connectivity index (χ4v) is 1.58. The third-order valence-corrected chi connectivity index (χ3v) is 3.41. The predicted molar refractivity (Wildman–Crippen MR) is 61.3 cm³/mol. The van der Waals surface area contributed by atoms with E-state index in [9.17, 15) is 8.78 Å². The van der Waals surface area contributed by atoms with Crippen LogP contribution in [0, 0.1) is 10.7 Å². The number of rotatable bonds is 4. The Morgan fingerprint density at radius 2 is 2.00 bits per heavy atom.